The fourth-order valence-corrected chi connectivity index (χ4v) is 2.30. The van der Waals surface area contributed by atoms with Gasteiger partial charge >= 0.3 is 0 Å². The number of hydrogen-bond donors (Lipinski definition) is 1. The first kappa shape index (κ1) is 12.4. The van der Waals surface area contributed by atoms with Crippen LogP contribution in [-0.2, 0) is 0 Å². The van der Waals surface area contributed by atoms with E-state index in [9.17, 15) is 4.39 Å². The predicted octanol–water partition coefficient (Wildman–Crippen LogP) is 3.03. The average molecular weight is 236 g/mol. The molecule has 0 amide bonds. The maximum absolute atomic E-state index is 13.5. The summed E-state index contributed by atoms with van der Waals surface area (Å²) in [5, 5.41) is 3.16. The molecule has 1 aromatic carbocycles. The smallest absolute Gasteiger partial charge is 0.146 e. The van der Waals surface area contributed by atoms with Gasteiger partial charge in [0.15, 0.2) is 0 Å². The van der Waals surface area contributed by atoms with Crippen molar-refractivity contribution in [2.24, 2.45) is 0 Å². The summed E-state index contributed by atoms with van der Waals surface area (Å²) >= 11 is 0. The highest BCUT2D eigenvalue weighted by molar-refractivity contribution is 5.45. The minimum Gasteiger partial charge on any atom is -0.383 e. The Morgan fingerprint density at radius 2 is 2.06 bits per heavy atom. The summed E-state index contributed by atoms with van der Waals surface area (Å²) in [5.41, 5.74) is 1.59. The largest absolute Gasteiger partial charge is 0.383 e. The highest BCUT2D eigenvalue weighted by Gasteiger charge is 2.10. The fraction of sp³-hybridized carbons (Fsp3) is 0.571. The molecule has 17 heavy (non-hydrogen) atoms. The summed E-state index contributed by atoms with van der Waals surface area (Å²) in [4.78, 5) is 2.48. The molecule has 0 aromatic heterocycles. The molecule has 94 valence electrons. The van der Waals surface area contributed by atoms with Crippen molar-refractivity contribution in [2.45, 2.75) is 26.2 Å². The van der Waals surface area contributed by atoms with Crippen molar-refractivity contribution in [3.05, 3.63) is 29.6 Å². The molecule has 0 spiro atoms. The van der Waals surface area contributed by atoms with E-state index in [2.05, 4.69) is 10.2 Å². The van der Waals surface area contributed by atoms with Gasteiger partial charge in [0.2, 0.25) is 0 Å². The first-order valence-electron chi connectivity index (χ1n) is 6.48. The lowest BCUT2D eigenvalue weighted by Gasteiger charge is -2.14. The Kier molecular flexibility index (Phi) is 4.37. The van der Waals surface area contributed by atoms with Crippen molar-refractivity contribution < 1.29 is 4.39 Å². The summed E-state index contributed by atoms with van der Waals surface area (Å²) < 4.78 is 13.5. The van der Waals surface area contributed by atoms with Gasteiger partial charge in [0.1, 0.15) is 5.82 Å². The van der Waals surface area contributed by atoms with Gasteiger partial charge in [0, 0.05) is 6.54 Å². The van der Waals surface area contributed by atoms with Gasteiger partial charge in [0.25, 0.3) is 0 Å². The number of anilines is 1. The Hall–Kier alpha value is -1.09. The third-order valence-corrected chi connectivity index (χ3v) is 3.29. The molecule has 0 bridgehead atoms. The van der Waals surface area contributed by atoms with Gasteiger partial charge < -0.3 is 10.2 Å². The highest BCUT2D eigenvalue weighted by Crippen LogP contribution is 2.15. The molecule has 0 unspecified atom stereocenters. The molecule has 1 aliphatic heterocycles. The number of nitrogens with zero attached hydrogens (tertiary/aromatic N) is 1. The molecule has 1 aromatic rings. The minimum absolute atomic E-state index is 0.147. The van der Waals surface area contributed by atoms with Gasteiger partial charge in [-0.25, -0.2) is 4.39 Å². The summed E-state index contributed by atoms with van der Waals surface area (Å²) in [6.45, 7) is 6.34. The van der Waals surface area contributed by atoms with Gasteiger partial charge in [-0.15, -0.1) is 0 Å². The summed E-state index contributed by atoms with van der Waals surface area (Å²) in [7, 11) is 0. The lowest BCUT2D eigenvalue weighted by atomic mass is 10.2. The van der Waals surface area contributed by atoms with E-state index in [1.165, 1.54) is 25.9 Å². The minimum atomic E-state index is -0.147. The molecule has 0 aliphatic carbocycles. The number of nitrogens with one attached hydrogen (secondary N) is 1. The number of hydrogen-bond acceptors (Lipinski definition) is 2. The van der Waals surface area contributed by atoms with E-state index in [0.717, 1.165) is 25.1 Å². The van der Waals surface area contributed by atoms with Crippen LogP contribution in [0.2, 0.25) is 0 Å². The zero-order valence-corrected chi connectivity index (χ0v) is 10.5. The third kappa shape index (κ3) is 3.70. The predicted molar refractivity (Wildman–Crippen MR) is 69.9 cm³/mol. The van der Waals surface area contributed by atoms with Gasteiger partial charge in [0.05, 0.1) is 5.69 Å². The van der Waals surface area contributed by atoms with Crippen LogP contribution in [0.1, 0.15) is 24.8 Å². The summed E-state index contributed by atoms with van der Waals surface area (Å²) in [5.74, 6) is -0.147. The Bertz CT molecular complexity index is 359. The maximum Gasteiger partial charge on any atom is 0.146 e. The maximum atomic E-state index is 13.5. The van der Waals surface area contributed by atoms with E-state index in [-0.39, 0.29) is 5.82 Å². The molecular weight excluding hydrogens is 215 g/mol. The van der Waals surface area contributed by atoms with Crippen molar-refractivity contribution >= 4 is 5.69 Å². The second kappa shape index (κ2) is 6.01. The van der Waals surface area contributed by atoms with Gasteiger partial charge in [-0.2, -0.15) is 0 Å². The first-order valence-corrected chi connectivity index (χ1v) is 6.48. The zero-order valence-electron chi connectivity index (χ0n) is 10.5. The van der Waals surface area contributed by atoms with E-state index < -0.39 is 0 Å². The Balaban J connectivity index is 1.70. The van der Waals surface area contributed by atoms with Crippen LogP contribution in [0.5, 0.6) is 0 Å². The molecule has 3 heteroatoms. The van der Waals surface area contributed by atoms with Gasteiger partial charge in [-0.3, -0.25) is 0 Å². The van der Waals surface area contributed by atoms with E-state index in [0.29, 0.717) is 5.69 Å². The normalized spacial score (nSPS) is 16.4. The van der Waals surface area contributed by atoms with Gasteiger partial charge in [-0.1, -0.05) is 6.07 Å². The molecule has 2 rings (SSSR count). The highest BCUT2D eigenvalue weighted by atomic mass is 19.1. The number of likely N-dealkylation sites (tertiary alicyclic amines) is 1. The van der Waals surface area contributed by atoms with E-state index in [1.54, 1.807) is 6.07 Å². The molecule has 0 saturated carbocycles. The van der Waals surface area contributed by atoms with Crippen molar-refractivity contribution in [1.82, 2.24) is 4.90 Å². The number of benzene rings is 1. The van der Waals surface area contributed by atoms with E-state index >= 15 is 0 Å². The Morgan fingerprint density at radius 1 is 1.29 bits per heavy atom. The number of halogens is 1. The lowest BCUT2D eigenvalue weighted by molar-refractivity contribution is 0.337. The fourth-order valence-electron chi connectivity index (χ4n) is 2.30. The molecule has 1 heterocycles. The summed E-state index contributed by atoms with van der Waals surface area (Å²) in [6.07, 6.45) is 3.74. The molecule has 1 aliphatic rings. The average Bonchev–Trinajstić information content (AvgIpc) is 2.79. The van der Waals surface area contributed by atoms with Crippen molar-refractivity contribution in [2.75, 3.05) is 31.5 Å². The monoisotopic (exact) mass is 236 g/mol. The SMILES string of the molecule is Cc1ccc(NCCCN2CCCC2)c(F)c1. The molecule has 0 atom stereocenters. The van der Waals surface area contributed by atoms with Crippen LogP contribution in [0.3, 0.4) is 0 Å². The lowest BCUT2D eigenvalue weighted by Crippen LogP contribution is -2.22. The van der Waals surface area contributed by atoms with Crippen LogP contribution in [0.4, 0.5) is 10.1 Å². The van der Waals surface area contributed by atoms with Crippen LogP contribution in [0.25, 0.3) is 0 Å². The molecule has 2 nitrogen and oxygen atoms in total. The molecule has 1 fully saturated rings. The Morgan fingerprint density at radius 3 is 2.76 bits per heavy atom. The molecule has 0 radical (unpaired) electrons. The number of rotatable bonds is 5. The van der Waals surface area contributed by atoms with Crippen molar-refractivity contribution in [3.8, 4) is 0 Å². The van der Waals surface area contributed by atoms with E-state index in [1.807, 2.05) is 19.1 Å². The molecule has 1 saturated heterocycles. The van der Waals surface area contributed by atoms with Crippen LogP contribution in [0.15, 0.2) is 18.2 Å². The van der Waals surface area contributed by atoms with Crippen LogP contribution < -0.4 is 5.32 Å². The topological polar surface area (TPSA) is 15.3 Å². The number of aryl methyl sites for hydroxylation is 1. The quantitative estimate of drug-likeness (QED) is 0.791. The summed E-state index contributed by atoms with van der Waals surface area (Å²) in [6, 6.07) is 5.33. The molecule has 1 N–H and O–H groups in total. The standard InChI is InChI=1S/C14H21FN2/c1-12-5-6-14(13(15)11-12)16-7-4-10-17-8-2-3-9-17/h5-6,11,16H,2-4,7-10H2,1H3. The molecular formula is C14H21FN2. The first-order chi connectivity index (χ1) is 8.25. The van der Waals surface area contributed by atoms with Gasteiger partial charge in [-0.05, 0) is 63.5 Å². The van der Waals surface area contributed by atoms with Crippen LogP contribution in [0, 0.1) is 12.7 Å². The van der Waals surface area contributed by atoms with E-state index in [4.69, 9.17) is 0 Å². The second-order valence-corrected chi connectivity index (χ2v) is 4.81. The third-order valence-electron chi connectivity index (χ3n) is 3.29. The Labute approximate surface area is 103 Å². The second-order valence-electron chi connectivity index (χ2n) is 4.81. The van der Waals surface area contributed by atoms with Crippen LogP contribution >= 0.6 is 0 Å². The van der Waals surface area contributed by atoms with Crippen molar-refractivity contribution in [1.29, 1.82) is 0 Å². The van der Waals surface area contributed by atoms with Crippen LogP contribution in [-0.4, -0.2) is 31.1 Å². The zero-order chi connectivity index (χ0) is 12.1. The van der Waals surface area contributed by atoms with Crippen molar-refractivity contribution in [3.63, 3.8) is 0 Å².